The van der Waals surface area contributed by atoms with E-state index < -0.39 is 10.3 Å². The topological polar surface area (TPSA) is 108 Å². The van der Waals surface area contributed by atoms with Gasteiger partial charge in [-0.25, -0.2) is 0 Å². The predicted molar refractivity (Wildman–Crippen MR) is 93.7 cm³/mol. The van der Waals surface area contributed by atoms with Crippen molar-refractivity contribution in [2.75, 3.05) is 26.9 Å². The lowest BCUT2D eigenvalue weighted by Crippen LogP contribution is -2.19. The Hall–Kier alpha value is -2.13. The molecule has 0 aliphatic carbocycles. The Morgan fingerprint density at radius 3 is 2.44 bits per heavy atom. The fourth-order valence-electron chi connectivity index (χ4n) is 2.40. The van der Waals surface area contributed by atoms with Crippen LogP contribution in [0, 0.1) is 0 Å². The van der Waals surface area contributed by atoms with E-state index in [0.717, 1.165) is 5.56 Å². The first kappa shape index (κ1) is 19.2. The average molecular weight is 367 g/mol. The quantitative estimate of drug-likeness (QED) is 0.655. The smallest absolute Gasteiger partial charge is 0.380 e. The van der Waals surface area contributed by atoms with Crippen LogP contribution >= 0.6 is 0 Å². The molecule has 0 aliphatic heterocycles. The number of rotatable bonds is 9. The molecule has 0 saturated carbocycles. The number of aromatic hydroxyl groups is 1. The highest BCUT2D eigenvalue weighted by Crippen LogP contribution is 2.37. The van der Waals surface area contributed by atoms with E-state index in [-0.39, 0.29) is 11.5 Å². The number of hydrogen-bond acceptors (Lipinski definition) is 6. The molecule has 2 aromatic rings. The summed E-state index contributed by atoms with van der Waals surface area (Å²) < 4.78 is 37.4. The van der Waals surface area contributed by atoms with Gasteiger partial charge in [-0.1, -0.05) is 30.3 Å². The van der Waals surface area contributed by atoms with E-state index in [1.807, 2.05) is 30.3 Å². The monoisotopic (exact) mass is 367 g/mol. The molecule has 2 aromatic carbocycles. The molecule has 0 bridgehead atoms. The molecule has 7 nitrogen and oxygen atoms in total. The molecule has 0 spiro atoms. The summed E-state index contributed by atoms with van der Waals surface area (Å²) in [5, 5.41) is 15.3. The van der Waals surface area contributed by atoms with E-state index >= 15 is 0 Å². The Bertz CT molecular complexity index is 792. The van der Waals surface area contributed by atoms with Crippen LogP contribution in [-0.4, -0.2) is 40.5 Å². The third kappa shape index (κ3) is 6.02. The first-order chi connectivity index (χ1) is 11.9. The summed E-state index contributed by atoms with van der Waals surface area (Å²) in [6.45, 7) is 1.29. The van der Waals surface area contributed by atoms with Gasteiger partial charge in [0.05, 0.1) is 19.8 Å². The van der Waals surface area contributed by atoms with Gasteiger partial charge in [0, 0.05) is 18.7 Å². The largest absolute Gasteiger partial charge is 0.507 e. The van der Waals surface area contributed by atoms with E-state index in [0.29, 0.717) is 37.4 Å². The number of phenolic OH excluding ortho intramolecular Hbond substituents is 1. The van der Waals surface area contributed by atoms with Crippen LogP contribution in [0.2, 0.25) is 0 Å². The molecule has 8 heteroatoms. The Labute approximate surface area is 147 Å². The Balaban J connectivity index is 2.33. The summed E-state index contributed by atoms with van der Waals surface area (Å²) in [4.78, 5) is 0. The molecule has 0 radical (unpaired) electrons. The second-order valence-electron chi connectivity index (χ2n) is 5.27. The van der Waals surface area contributed by atoms with Gasteiger partial charge in [0.15, 0.2) is 0 Å². The Kier molecular flexibility index (Phi) is 6.77. The second-order valence-corrected chi connectivity index (χ2v) is 6.43. The molecular formula is C17H21NO6S. The molecule has 0 unspecified atom stereocenters. The van der Waals surface area contributed by atoms with Crippen LogP contribution < -0.4 is 9.32 Å². The minimum Gasteiger partial charge on any atom is -0.507 e. The van der Waals surface area contributed by atoms with Crippen molar-refractivity contribution in [3.05, 3.63) is 48.0 Å². The van der Waals surface area contributed by atoms with Crippen LogP contribution in [0.15, 0.2) is 42.5 Å². The van der Waals surface area contributed by atoms with Crippen molar-refractivity contribution >= 4 is 10.3 Å². The normalized spacial score (nSPS) is 11.4. The number of benzene rings is 2. The molecule has 0 atom stereocenters. The van der Waals surface area contributed by atoms with Crippen molar-refractivity contribution in [3.8, 4) is 22.6 Å². The molecule has 0 saturated heterocycles. The summed E-state index contributed by atoms with van der Waals surface area (Å²) in [5.41, 5.74) is 2.08. The van der Waals surface area contributed by atoms with Gasteiger partial charge < -0.3 is 18.8 Å². The van der Waals surface area contributed by atoms with Crippen molar-refractivity contribution < 1.29 is 27.2 Å². The zero-order valence-corrected chi connectivity index (χ0v) is 14.7. The van der Waals surface area contributed by atoms with Gasteiger partial charge in [0.25, 0.3) is 0 Å². The summed E-state index contributed by atoms with van der Waals surface area (Å²) in [5.74, 6) is -0.147. The van der Waals surface area contributed by atoms with E-state index in [4.69, 9.17) is 14.6 Å². The second kappa shape index (κ2) is 8.82. The Morgan fingerprint density at radius 2 is 1.80 bits per heavy atom. The molecule has 25 heavy (non-hydrogen) atoms. The lowest BCUT2D eigenvalue weighted by molar-refractivity contribution is 0.0722. The third-order valence-corrected chi connectivity index (χ3v) is 3.82. The van der Waals surface area contributed by atoms with Gasteiger partial charge in [-0.3, -0.25) is 0 Å². The molecule has 0 amide bonds. The van der Waals surface area contributed by atoms with Crippen LogP contribution in [0.1, 0.15) is 5.56 Å². The van der Waals surface area contributed by atoms with Crippen LogP contribution in [0.25, 0.3) is 11.1 Å². The first-order valence-corrected chi connectivity index (χ1v) is 9.08. The van der Waals surface area contributed by atoms with E-state index in [1.165, 1.54) is 12.1 Å². The highest BCUT2D eigenvalue weighted by Gasteiger charge is 2.15. The van der Waals surface area contributed by atoms with Gasteiger partial charge in [-0.15, -0.1) is 0 Å². The third-order valence-electron chi connectivity index (χ3n) is 3.40. The maximum absolute atomic E-state index is 11.1. The van der Waals surface area contributed by atoms with Crippen molar-refractivity contribution in [1.82, 2.24) is 0 Å². The van der Waals surface area contributed by atoms with Gasteiger partial charge in [0.2, 0.25) is 0 Å². The minimum absolute atomic E-state index is 0.0495. The van der Waals surface area contributed by atoms with E-state index in [1.54, 1.807) is 7.11 Å². The van der Waals surface area contributed by atoms with Crippen LogP contribution in [-0.2, 0) is 26.2 Å². The fourth-order valence-corrected chi connectivity index (χ4v) is 2.77. The standard InChI is InChI=1S/C17H21NO6S/c1-22-9-10-23-8-7-14-11-15(24-25(18,20)21)12-16(19)17(14)13-5-3-2-4-6-13/h2-6,11-12,19H,7-10H2,1H3,(H2,18,20,21). The van der Waals surface area contributed by atoms with Crippen LogP contribution in [0.4, 0.5) is 0 Å². The fraction of sp³-hybridized carbons (Fsp3) is 0.294. The molecule has 3 N–H and O–H groups in total. The van der Waals surface area contributed by atoms with Gasteiger partial charge in [-0.2, -0.15) is 13.6 Å². The number of ether oxygens (including phenoxy) is 2. The van der Waals surface area contributed by atoms with E-state index in [9.17, 15) is 13.5 Å². The average Bonchev–Trinajstić information content (AvgIpc) is 2.53. The minimum atomic E-state index is -4.18. The maximum Gasteiger partial charge on any atom is 0.380 e. The summed E-state index contributed by atoms with van der Waals surface area (Å²) in [6.07, 6.45) is 0.448. The van der Waals surface area contributed by atoms with Crippen molar-refractivity contribution in [2.24, 2.45) is 5.14 Å². The molecular weight excluding hydrogens is 346 g/mol. The highest BCUT2D eigenvalue weighted by atomic mass is 32.2. The van der Waals surface area contributed by atoms with Crippen LogP contribution in [0.5, 0.6) is 11.5 Å². The van der Waals surface area contributed by atoms with Crippen LogP contribution in [0.3, 0.4) is 0 Å². The van der Waals surface area contributed by atoms with Crippen molar-refractivity contribution in [1.29, 1.82) is 0 Å². The zero-order valence-electron chi connectivity index (χ0n) is 13.8. The zero-order chi connectivity index (χ0) is 18.3. The van der Waals surface area contributed by atoms with Gasteiger partial charge in [0.1, 0.15) is 11.5 Å². The van der Waals surface area contributed by atoms with Crippen molar-refractivity contribution in [2.45, 2.75) is 6.42 Å². The van der Waals surface area contributed by atoms with Gasteiger partial charge >= 0.3 is 10.3 Å². The molecule has 0 aromatic heterocycles. The molecule has 0 heterocycles. The first-order valence-electron chi connectivity index (χ1n) is 7.61. The van der Waals surface area contributed by atoms with E-state index in [2.05, 4.69) is 4.18 Å². The van der Waals surface area contributed by atoms with Crippen molar-refractivity contribution in [3.63, 3.8) is 0 Å². The highest BCUT2D eigenvalue weighted by molar-refractivity contribution is 7.84. The van der Waals surface area contributed by atoms with Gasteiger partial charge in [-0.05, 0) is 23.6 Å². The maximum atomic E-state index is 11.1. The summed E-state index contributed by atoms with van der Waals surface area (Å²) in [6, 6.07) is 12.0. The molecule has 0 fully saturated rings. The summed E-state index contributed by atoms with van der Waals surface area (Å²) >= 11 is 0. The Morgan fingerprint density at radius 1 is 1.08 bits per heavy atom. The lowest BCUT2D eigenvalue weighted by atomic mass is 9.96. The number of nitrogens with two attached hydrogens (primary N) is 1. The predicted octanol–water partition coefficient (Wildman–Crippen LogP) is 1.85. The number of phenols is 1. The molecule has 2 rings (SSSR count). The SMILES string of the molecule is COCCOCCc1cc(OS(N)(=O)=O)cc(O)c1-c1ccccc1. The summed E-state index contributed by atoms with van der Waals surface area (Å²) in [7, 11) is -2.59. The number of hydrogen-bond donors (Lipinski definition) is 2. The molecule has 136 valence electrons. The molecule has 0 aliphatic rings. The lowest BCUT2D eigenvalue weighted by Gasteiger charge is -2.14. The number of methoxy groups -OCH3 is 1.